The van der Waals surface area contributed by atoms with E-state index in [0.29, 0.717) is 0 Å². The van der Waals surface area contributed by atoms with Crippen molar-refractivity contribution in [1.82, 2.24) is 9.55 Å². The van der Waals surface area contributed by atoms with E-state index in [4.69, 9.17) is 0 Å². The normalized spacial score (nSPS) is 11.1. The van der Waals surface area contributed by atoms with Crippen LogP contribution in [0.15, 0.2) is 71.1 Å². The molecule has 0 fully saturated rings. The summed E-state index contributed by atoms with van der Waals surface area (Å²) in [6.07, 6.45) is 4.97. The van der Waals surface area contributed by atoms with Crippen LogP contribution in [0.3, 0.4) is 0 Å². The molecule has 0 saturated carbocycles. The van der Waals surface area contributed by atoms with Gasteiger partial charge in [-0.25, -0.2) is 4.98 Å². The monoisotopic (exact) mass is 374 g/mol. The maximum Gasteiger partial charge on any atom is 0.262 e. The zero-order chi connectivity index (χ0) is 18.6. The summed E-state index contributed by atoms with van der Waals surface area (Å²) in [5.41, 5.74) is 4.48. The molecule has 0 unspecified atom stereocenters. The first kappa shape index (κ1) is 17.7. The van der Waals surface area contributed by atoms with E-state index in [-0.39, 0.29) is 5.56 Å². The Morgan fingerprint density at radius 2 is 1.63 bits per heavy atom. The van der Waals surface area contributed by atoms with E-state index in [0.717, 1.165) is 47.2 Å². The number of nitrogens with zero attached hydrogens (tertiary/aromatic N) is 2. The second kappa shape index (κ2) is 7.89. The SMILES string of the molecule is CCCCCn1cnc2scc(-c3ccc(-c4ccccc4)cc3)c2c1=O. The van der Waals surface area contributed by atoms with Crippen LogP contribution in [0.25, 0.3) is 32.5 Å². The van der Waals surface area contributed by atoms with Gasteiger partial charge < -0.3 is 0 Å². The fourth-order valence-electron chi connectivity index (χ4n) is 3.34. The fourth-order valence-corrected chi connectivity index (χ4v) is 4.25. The summed E-state index contributed by atoms with van der Waals surface area (Å²) in [6, 6.07) is 18.7. The number of benzene rings is 2. The van der Waals surface area contributed by atoms with Crippen molar-refractivity contribution in [3.8, 4) is 22.3 Å². The Kier molecular flexibility index (Phi) is 5.16. The number of hydrogen-bond acceptors (Lipinski definition) is 3. The van der Waals surface area contributed by atoms with Crippen LogP contribution in [0.4, 0.5) is 0 Å². The summed E-state index contributed by atoms with van der Waals surface area (Å²) in [7, 11) is 0. The third kappa shape index (κ3) is 3.58. The van der Waals surface area contributed by atoms with Gasteiger partial charge in [-0.1, -0.05) is 74.4 Å². The third-order valence-corrected chi connectivity index (χ3v) is 5.75. The van der Waals surface area contributed by atoms with E-state index in [1.807, 2.05) is 23.6 Å². The molecule has 4 aromatic rings. The predicted molar refractivity (Wildman–Crippen MR) is 114 cm³/mol. The molecule has 2 heterocycles. The zero-order valence-corrected chi connectivity index (χ0v) is 16.2. The van der Waals surface area contributed by atoms with Gasteiger partial charge in [-0.2, -0.15) is 0 Å². The highest BCUT2D eigenvalue weighted by Crippen LogP contribution is 2.32. The van der Waals surface area contributed by atoms with Crippen LogP contribution >= 0.6 is 11.3 Å². The van der Waals surface area contributed by atoms with Crippen LogP contribution in [-0.2, 0) is 6.54 Å². The van der Waals surface area contributed by atoms with E-state index in [1.165, 1.54) is 22.5 Å². The fraction of sp³-hybridized carbons (Fsp3) is 0.217. The van der Waals surface area contributed by atoms with Crippen molar-refractivity contribution in [2.75, 3.05) is 0 Å². The van der Waals surface area contributed by atoms with E-state index >= 15 is 0 Å². The minimum atomic E-state index is 0.0690. The quantitative estimate of drug-likeness (QED) is 0.389. The van der Waals surface area contributed by atoms with Crippen LogP contribution in [0, 0.1) is 0 Å². The molecule has 4 rings (SSSR count). The van der Waals surface area contributed by atoms with Gasteiger partial charge in [0.1, 0.15) is 4.83 Å². The predicted octanol–water partition coefficient (Wildman–Crippen LogP) is 5.98. The molecule has 0 bridgehead atoms. The standard InChI is InChI=1S/C23H22N2OS/c1-2-3-7-14-25-16-24-22-21(23(25)26)20(15-27-22)19-12-10-18(11-13-19)17-8-5-4-6-9-17/h4-6,8-13,15-16H,2-3,7,14H2,1H3. The molecule has 136 valence electrons. The second-order valence-electron chi connectivity index (χ2n) is 6.72. The molecule has 0 atom stereocenters. The van der Waals surface area contributed by atoms with Gasteiger partial charge in [0, 0.05) is 17.5 Å². The van der Waals surface area contributed by atoms with Crippen LogP contribution in [0.2, 0.25) is 0 Å². The molecular formula is C23H22N2OS. The first-order valence-corrected chi connectivity index (χ1v) is 10.3. The molecule has 0 saturated heterocycles. The Bertz CT molecular complexity index is 1090. The number of hydrogen-bond donors (Lipinski definition) is 0. The number of thiophene rings is 1. The summed E-state index contributed by atoms with van der Waals surface area (Å²) in [4.78, 5) is 18.3. The highest BCUT2D eigenvalue weighted by molar-refractivity contribution is 7.17. The Labute approximate surface area is 163 Å². The average Bonchev–Trinajstić information content (AvgIpc) is 3.16. The molecule has 3 nitrogen and oxygen atoms in total. The molecule has 0 radical (unpaired) electrons. The van der Waals surface area contributed by atoms with Gasteiger partial charge in [0.05, 0.1) is 11.7 Å². The summed E-state index contributed by atoms with van der Waals surface area (Å²) < 4.78 is 1.76. The minimum Gasteiger partial charge on any atom is -0.299 e. The number of aromatic nitrogens is 2. The van der Waals surface area contributed by atoms with Crippen molar-refractivity contribution < 1.29 is 0 Å². The highest BCUT2D eigenvalue weighted by Gasteiger charge is 2.13. The van der Waals surface area contributed by atoms with Gasteiger partial charge >= 0.3 is 0 Å². The lowest BCUT2D eigenvalue weighted by molar-refractivity contribution is 0.584. The smallest absolute Gasteiger partial charge is 0.262 e. The van der Waals surface area contributed by atoms with Crippen molar-refractivity contribution in [3.05, 3.63) is 76.7 Å². The number of fused-ring (bicyclic) bond motifs is 1. The average molecular weight is 375 g/mol. The molecule has 2 aromatic carbocycles. The van der Waals surface area contributed by atoms with Gasteiger partial charge in [-0.15, -0.1) is 11.3 Å². The molecule has 0 N–H and O–H groups in total. The highest BCUT2D eigenvalue weighted by atomic mass is 32.1. The second-order valence-corrected chi connectivity index (χ2v) is 7.58. The molecule has 4 heteroatoms. The molecular weight excluding hydrogens is 352 g/mol. The number of unbranched alkanes of at least 4 members (excludes halogenated alkanes) is 2. The molecule has 0 spiro atoms. The zero-order valence-electron chi connectivity index (χ0n) is 15.4. The Balaban J connectivity index is 1.71. The molecule has 0 aliphatic heterocycles. The summed E-state index contributed by atoms with van der Waals surface area (Å²) in [5.74, 6) is 0. The van der Waals surface area contributed by atoms with Crippen molar-refractivity contribution in [2.45, 2.75) is 32.7 Å². The molecule has 2 aromatic heterocycles. The number of rotatable bonds is 6. The molecule has 0 aliphatic rings. The van der Waals surface area contributed by atoms with Gasteiger partial charge in [-0.05, 0) is 23.1 Å². The minimum absolute atomic E-state index is 0.0690. The van der Waals surface area contributed by atoms with E-state index in [1.54, 1.807) is 10.9 Å². The van der Waals surface area contributed by atoms with Crippen molar-refractivity contribution in [3.63, 3.8) is 0 Å². The Hall–Kier alpha value is -2.72. The molecule has 0 amide bonds. The largest absolute Gasteiger partial charge is 0.299 e. The van der Waals surface area contributed by atoms with Crippen molar-refractivity contribution >= 4 is 21.6 Å². The Morgan fingerprint density at radius 1 is 0.926 bits per heavy atom. The van der Waals surface area contributed by atoms with Crippen molar-refractivity contribution in [2.24, 2.45) is 0 Å². The van der Waals surface area contributed by atoms with Gasteiger partial charge in [-0.3, -0.25) is 9.36 Å². The van der Waals surface area contributed by atoms with Crippen molar-refractivity contribution in [1.29, 1.82) is 0 Å². The first-order valence-electron chi connectivity index (χ1n) is 9.40. The molecule has 27 heavy (non-hydrogen) atoms. The van der Waals surface area contributed by atoms with Crippen LogP contribution in [-0.4, -0.2) is 9.55 Å². The lowest BCUT2D eigenvalue weighted by atomic mass is 10.0. The summed E-state index contributed by atoms with van der Waals surface area (Å²) in [6.45, 7) is 2.90. The maximum absolute atomic E-state index is 13.0. The van der Waals surface area contributed by atoms with Crippen LogP contribution in [0.5, 0.6) is 0 Å². The summed E-state index contributed by atoms with van der Waals surface area (Å²) in [5, 5.41) is 2.79. The summed E-state index contributed by atoms with van der Waals surface area (Å²) >= 11 is 1.54. The first-order chi connectivity index (χ1) is 13.3. The van der Waals surface area contributed by atoms with Gasteiger partial charge in [0.2, 0.25) is 0 Å². The van der Waals surface area contributed by atoms with E-state index in [9.17, 15) is 4.79 Å². The lowest BCUT2D eigenvalue weighted by Crippen LogP contribution is -2.20. The van der Waals surface area contributed by atoms with E-state index < -0.39 is 0 Å². The van der Waals surface area contributed by atoms with E-state index in [2.05, 4.69) is 48.3 Å². The maximum atomic E-state index is 13.0. The lowest BCUT2D eigenvalue weighted by Gasteiger charge is -2.06. The topological polar surface area (TPSA) is 34.9 Å². The number of aryl methyl sites for hydroxylation is 1. The Morgan fingerprint density at radius 3 is 2.37 bits per heavy atom. The van der Waals surface area contributed by atoms with Gasteiger partial charge in [0.15, 0.2) is 0 Å². The van der Waals surface area contributed by atoms with Crippen LogP contribution in [0.1, 0.15) is 26.2 Å². The van der Waals surface area contributed by atoms with Gasteiger partial charge in [0.25, 0.3) is 5.56 Å². The van der Waals surface area contributed by atoms with Crippen LogP contribution < -0.4 is 5.56 Å². The molecule has 0 aliphatic carbocycles. The third-order valence-electron chi connectivity index (χ3n) is 4.87.